The van der Waals surface area contributed by atoms with Crippen LogP contribution >= 0.6 is 0 Å². The Labute approximate surface area is 110 Å². The highest BCUT2D eigenvalue weighted by Gasteiger charge is 2.19. The number of piperidine rings is 1. The van der Waals surface area contributed by atoms with Crippen LogP contribution in [0.3, 0.4) is 0 Å². The summed E-state index contributed by atoms with van der Waals surface area (Å²) < 4.78 is 0. The number of hydrogen-bond donors (Lipinski definition) is 2. The SMILES string of the molecule is C=C(N)C1CCN(Cc2ccccc2)CC1.CO. The predicted molar refractivity (Wildman–Crippen MR) is 75.9 cm³/mol. The minimum absolute atomic E-state index is 0.534. The van der Waals surface area contributed by atoms with Gasteiger partial charge in [-0.05, 0) is 31.5 Å². The first-order valence-corrected chi connectivity index (χ1v) is 6.41. The Balaban J connectivity index is 0.000000771. The van der Waals surface area contributed by atoms with E-state index in [2.05, 4.69) is 41.8 Å². The van der Waals surface area contributed by atoms with Crippen molar-refractivity contribution >= 4 is 0 Å². The number of allylic oxidation sites excluding steroid dienone is 1. The van der Waals surface area contributed by atoms with Crippen molar-refractivity contribution in [1.29, 1.82) is 0 Å². The minimum atomic E-state index is 0.534. The molecular formula is C15H24N2O. The summed E-state index contributed by atoms with van der Waals surface area (Å²) in [4.78, 5) is 2.49. The van der Waals surface area contributed by atoms with Crippen molar-refractivity contribution in [3.8, 4) is 0 Å². The number of nitrogens with zero attached hydrogens (tertiary/aromatic N) is 1. The summed E-state index contributed by atoms with van der Waals surface area (Å²) >= 11 is 0. The first-order valence-electron chi connectivity index (χ1n) is 6.41. The zero-order chi connectivity index (χ0) is 13.4. The van der Waals surface area contributed by atoms with Crippen LogP contribution < -0.4 is 5.73 Å². The van der Waals surface area contributed by atoms with Gasteiger partial charge in [0.15, 0.2) is 0 Å². The second-order valence-corrected chi connectivity index (χ2v) is 4.61. The van der Waals surface area contributed by atoms with Gasteiger partial charge in [-0.25, -0.2) is 0 Å². The molecule has 1 aliphatic heterocycles. The van der Waals surface area contributed by atoms with Crippen LogP contribution in [-0.2, 0) is 6.54 Å². The molecule has 0 saturated carbocycles. The topological polar surface area (TPSA) is 49.5 Å². The number of rotatable bonds is 3. The van der Waals surface area contributed by atoms with E-state index in [1.54, 1.807) is 0 Å². The van der Waals surface area contributed by atoms with Crippen molar-refractivity contribution in [2.24, 2.45) is 11.7 Å². The highest BCUT2D eigenvalue weighted by atomic mass is 16.2. The Hall–Kier alpha value is -1.32. The summed E-state index contributed by atoms with van der Waals surface area (Å²) in [6.07, 6.45) is 2.31. The third kappa shape index (κ3) is 4.51. The van der Waals surface area contributed by atoms with Gasteiger partial charge in [-0.3, -0.25) is 4.90 Å². The first-order chi connectivity index (χ1) is 8.75. The molecule has 3 heteroatoms. The lowest BCUT2D eigenvalue weighted by atomic mass is 9.94. The fourth-order valence-corrected chi connectivity index (χ4v) is 2.30. The van der Waals surface area contributed by atoms with Gasteiger partial charge in [0.1, 0.15) is 0 Å². The molecule has 0 spiro atoms. The van der Waals surface area contributed by atoms with Gasteiger partial charge in [0, 0.05) is 25.3 Å². The molecule has 0 radical (unpaired) electrons. The smallest absolute Gasteiger partial charge is 0.0319 e. The molecule has 18 heavy (non-hydrogen) atoms. The minimum Gasteiger partial charge on any atom is -0.402 e. The van der Waals surface area contributed by atoms with E-state index < -0.39 is 0 Å². The normalized spacial score (nSPS) is 16.8. The van der Waals surface area contributed by atoms with Crippen molar-refractivity contribution in [1.82, 2.24) is 4.90 Å². The Morgan fingerprint density at radius 2 is 1.83 bits per heavy atom. The fraction of sp³-hybridized carbons (Fsp3) is 0.467. The number of hydrogen-bond acceptors (Lipinski definition) is 3. The average Bonchev–Trinajstić information content (AvgIpc) is 2.43. The lowest BCUT2D eigenvalue weighted by Gasteiger charge is -2.31. The van der Waals surface area contributed by atoms with Gasteiger partial charge in [0.2, 0.25) is 0 Å². The quantitative estimate of drug-likeness (QED) is 0.860. The molecule has 3 nitrogen and oxygen atoms in total. The van der Waals surface area contributed by atoms with E-state index in [0.29, 0.717) is 5.92 Å². The van der Waals surface area contributed by atoms with Gasteiger partial charge in [0.25, 0.3) is 0 Å². The van der Waals surface area contributed by atoms with Crippen molar-refractivity contribution in [2.75, 3.05) is 20.2 Å². The molecule has 0 aliphatic carbocycles. The zero-order valence-corrected chi connectivity index (χ0v) is 11.2. The third-order valence-corrected chi connectivity index (χ3v) is 3.36. The Morgan fingerprint density at radius 3 is 2.33 bits per heavy atom. The maximum absolute atomic E-state index is 7.00. The molecule has 1 aliphatic rings. The molecule has 1 fully saturated rings. The standard InChI is InChI=1S/C14H20N2.CH4O/c1-12(15)14-7-9-16(10-8-14)11-13-5-3-2-4-6-13;1-2/h2-6,14H,1,7-11,15H2;2H,1H3. The highest BCUT2D eigenvalue weighted by Crippen LogP contribution is 2.21. The van der Waals surface area contributed by atoms with Gasteiger partial charge in [-0.2, -0.15) is 0 Å². The van der Waals surface area contributed by atoms with E-state index >= 15 is 0 Å². The molecule has 0 amide bonds. The summed E-state index contributed by atoms with van der Waals surface area (Å²) in [6.45, 7) is 7.18. The second-order valence-electron chi connectivity index (χ2n) is 4.61. The monoisotopic (exact) mass is 248 g/mol. The van der Waals surface area contributed by atoms with E-state index in [-0.39, 0.29) is 0 Å². The molecular weight excluding hydrogens is 224 g/mol. The summed E-state index contributed by atoms with van der Waals surface area (Å²) in [7, 11) is 1.00. The molecule has 100 valence electrons. The lowest BCUT2D eigenvalue weighted by molar-refractivity contribution is 0.191. The van der Waals surface area contributed by atoms with Gasteiger partial charge >= 0.3 is 0 Å². The Bertz CT molecular complexity index is 343. The van der Waals surface area contributed by atoms with Gasteiger partial charge in [-0.1, -0.05) is 36.9 Å². The molecule has 0 atom stereocenters. The summed E-state index contributed by atoms with van der Waals surface area (Å²) in [6, 6.07) is 10.6. The van der Waals surface area contributed by atoms with E-state index in [4.69, 9.17) is 10.8 Å². The van der Waals surface area contributed by atoms with Crippen molar-refractivity contribution < 1.29 is 5.11 Å². The van der Waals surface area contributed by atoms with E-state index in [1.165, 1.54) is 5.56 Å². The molecule has 0 unspecified atom stereocenters. The highest BCUT2D eigenvalue weighted by molar-refractivity contribution is 5.14. The number of aliphatic hydroxyl groups excluding tert-OH is 1. The third-order valence-electron chi connectivity index (χ3n) is 3.36. The average molecular weight is 248 g/mol. The summed E-state index contributed by atoms with van der Waals surface area (Å²) in [5.74, 6) is 0.534. The van der Waals surface area contributed by atoms with E-state index in [0.717, 1.165) is 45.3 Å². The summed E-state index contributed by atoms with van der Waals surface area (Å²) in [5.41, 5.74) is 8.01. The largest absolute Gasteiger partial charge is 0.402 e. The zero-order valence-electron chi connectivity index (χ0n) is 11.2. The molecule has 1 saturated heterocycles. The molecule has 0 aromatic heterocycles. The lowest BCUT2D eigenvalue weighted by Crippen LogP contribution is -2.34. The van der Waals surface area contributed by atoms with Crippen LogP contribution in [0.4, 0.5) is 0 Å². The van der Waals surface area contributed by atoms with Crippen molar-refractivity contribution in [3.63, 3.8) is 0 Å². The van der Waals surface area contributed by atoms with Crippen molar-refractivity contribution in [3.05, 3.63) is 48.2 Å². The van der Waals surface area contributed by atoms with Crippen LogP contribution in [0.1, 0.15) is 18.4 Å². The predicted octanol–water partition coefficient (Wildman–Crippen LogP) is 1.98. The first kappa shape index (κ1) is 14.7. The van der Waals surface area contributed by atoms with Gasteiger partial charge in [-0.15, -0.1) is 0 Å². The van der Waals surface area contributed by atoms with Gasteiger partial charge < -0.3 is 10.8 Å². The summed E-state index contributed by atoms with van der Waals surface area (Å²) in [5, 5.41) is 7.00. The molecule has 1 heterocycles. The van der Waals surface area contributed by atoms with E-state index in [1.807, 2.05) is 0 Å². The van der Waals surface area contributed by atoms with Crippen LogP contribution in [-0.4, -0.2) is 30.2 Å². The number of likely N-dealkylation sites (tertiary alicyclic amines) is 1. The van der Waals surface area contributed by atoms with Crippen molar-refractivity contribution in [2.45, 2.75) is 19.4 Å². The van der Waals surface area contributed by atoms with Crippen LogP contribution in [0.5, 0.6) is 0 Å². The maximum atomic E-state index is 7.00. The van der Waals surface area contributed by atoms with Gasteiger partial charge in [0.05, 0.1) is 0 Å². The molecule has 1 aromatic rings. The van der Waals surface area contributed by atoms with Crippen LogP contribution in [0, 0.1) is 5.92 Å². The molecule has 0 bridgehead atoms. The Kier molecular flexibility index (Phi) is 6.47. The van der Waals surface area contributed by atoms with Crippen LogP contribution in [0.25, 0.3) is 0 Å². The van der Waals surface area contributed by atoms with E-state index in [9.17, 15) is 0 Å². The number of benzene rings is 1. The Morgan fingerprint density at radius 1 is 1.28 bits per heavy atom. The molecule has 1 aromatic carbocycles. The molecule has 2 rings (SSSR count). The van der Waals surface area contributed by atoms with Crippen LogP contribution in [0.15, 0.2) is 42.6 Å². The fourth-order valence-electron chi connectivity index (χ4n) is 2.30. The molecule has 3 N–H and O–H groups in total. The van der Waals surface area contributed by atoms with Crippen LogP contribution in [0.2, 0.25) is 0 Å². The number of nitrogens with two attached hydrogens (primary N) is 1. The maximum Gasteiger partial charge on any atom is 0.0319 e. The number of aliphatic hydroxyl groups is 1. The second kappa shape index (κ2) is 7.90.